The third-order valence-electron chi connectivity index (χ3n) is 5.29. The average molecular weight is 450 g/mol. The Kier molecular flexibility index (Phi) is 6.66. The summed E-state index contributed by atoms with van der Waals surface area (Å²) in [6.45, 7) is 4.08. The Morgan fingerprint density at radius 2 is 1.91 bits per heavy atom. The molecule has 1 N–H and O–H groups in total. The molecule has 2 aromatic heterocycles. The van der Waals surface area contributed by atoms with Crippen molar-refractivity contribution in [1.82, 2.24) is 25.1 Å². The van der Waals surface area contributed by atoms with Gasteiger partial charge in [-0.05, 0) is 43.2 Å². The number of aryl methyl sites for hydroxylation is 1. The number of nitrogens with zero attached hydrogens (tertiary/aromatic N) is 4. The molecule has 164 valence electrons. The van der Waals surface area contributed by atoms with Crippen LogP contribution in [-0.2, 0) is 11.2 Å². The lowest BCUT2D eigenvalue weighted by Crippen LogP contribution is -2.42. The first-order valence-corrected chi connectivity index (χ1v) is 10.8. The first-order valence-electron chi connectivity index (χ1n) is 10.4. The molecule has 0 saturated carbocycles. The van der Waals surface area contributed by atoms with Crippen molar-refractivity contribution in [2.24, 2.45) is 0 Å². The van der Waals surface area contributed by atoms with Crippen LogP contribution in [0.2, 0.25) is 5.02 Å². The molecule has 0 bridgehead atoms. The fourth-order valence-corrected chi connectivity index (χ4v) is 3.76. The molecule has 2 atom stereocenters. The summed E-state index contributed by atoms with van der Waals surface area (Å²) in [6, 6.07) is 15.1. The van der Waals surface area contributed by atoms with Crippen LogP contribution >= 0.6 is 11.6 Å². The number of oxazole rings is 1. The van der Waals surface area contributed by atoms with Crippen LogP contribution in [0.3, 0.4) is 0 Å². The second-order valence-corrected chi connectivity index (χ2v) is 8.08. The highest BCUT2D eigenvalue weighted by molar-refractivity contribution is 6.30. The lowest BCUT2D eigenvalue weighted by atomic mass is 9.96. The second-order valence-electron chi connectivity index (χ2n) is 7.64. The minimum Gasteiger partial charge on any atom is -0.444 e. The Morgan fingerprint density at radius 1 is 1.16 bits per heavy atom. The van der Waals surface area contributed by atoms with Crippen LogP contribution in [0.5, 0.6) is 0 Å². The van der Waals surface area contributed by atoms with E-state index >= 15 is 0 Å². The summed E-state index contributed by atoms with van der Waals surface area (Å²) in [7, 11) is 0. The summed E-state index contributed by atoms with van der Waals surface area (Å²) in [5.74, 6) is 0.321. The Balaban J connectivity index is 1.49. The molecule has 0 fully saturated rings. The molecular formula is C24H24ClN5O2. The SMILES string of the molecule is CCC(NC(=O)Cc1coc(-c2ccc(Cl)cc2)n1)C(c1ccc(C)cc1)n1cncn1. The number of benzene rings is 2. The summed E-state index contributed by atoms with van der Waals surface area (Å²) >= 11 is 5.94. The van der Waals surface area contributed by atoms with Crippen molar-refractivity contribution in [3.8, 4) is 11.5 Å². The van der Waals surface area contributed by atoms with Gasteiger partial charge in [0.05, 0.1) is 24.2 Å². The molecule has 4 aromatic rings. The Labute approximate surface area is 191 Å². The van der Waals surface area contributed by atoms with Crippen molar-refractivity contribution in [2.75, 3.05) is 0 Å². The van der Waals surface area contributed by atoms with Gasteiger partial charge in [0.25, 0.3) is 0 Å². The Hall–Kier alpha value is -3.45. The molecule has 0 spiro atoms. The van der Waals surface area contributed by atoms with Gasteiger partial charge < -0.3 is 9.73 Å². The van der Waals surface area contributed by atoms with Gasteiger partial charge in [0, 0.05) is 10.6 Å². The molecule has 0 aliphatic rings. The summed E-state index contributed by atoms with van der Waals surface area (Å²) in [6.07, 6.45) is 5.53. The Bertz CT molecular complexity index is 1150. The van der Waals surface area contributed by atoms with Gasteiger partial charge in [-0.1, -0.05) is 48.4 Å². The van der Waals surface area contributed by atoms with Crippen LogP contribution < -0.4 is 5.32 Å². The number of aromatic nitrogens is 4. The molecular weight excluding hydrogens is 426 g/mol. The standard InChI is InChI=1S/C24H24ClN5O2/c1-3-21(23(30-15-26-14-27-30)17-6-4-16(2)5-7-17)29-22(31)12-20-13-32-24(28-20)18-8-10-19(25)11-9-18/h4-11,13-15,21,23H,3,12H2,1-2H3,(H,29,31). The van der Waals surface area contributed by atoms with Crippen LogP contribution in [0.15, 0.2) is 71.9 Å². The fourth-order valence-electron chi connectivity index (χ4n) is 3.63. The van der Waals surface area contributed by atoms with Gasteiger partial charge in [-0.25, -0.2) is 14.6 Å². The second kappa shape index (κ2) is 9.78. The lowest BCUT2D eigenvalue weighted by molar-refractivity contribution is -0.121. The number of hydrogen-bond donors (Lipinski definition) is 1. The fraction of sp³-hybridized carbons (Fsp3) is 0.250. The minimum absolute atomic E-state index is 0.117. The molecule has 2 unspecified atom stereocenters. The molecule has 0 radical (unpaired) electrons. The molecule has 32 heavy (non-hydrogen) atoms. The van der Waals surface area contributed by atoms with Gasteiger partial charge in [-0.3, -0.25) is 4.79 Å². The Morgan fingerprint density at radius 3 is 2.56 bits per heavy atom. The number of carbonyl (C=O) groups excluding carboxylic acids is 1. The number of halogens is 1. The largest absolute Gasteiger partial charge is 0.444 e. The molecule has 2 heterocycles. The van der Waals surface area contributed by atoms with Crippen molar-refractivity contribution in [2.45, 2.75) is 38.8 Å². The molecule has 7 nitrogen and oxygen atoms in total. The maximum absolute atomic E-state index is 12.9. The zero-order chi connectivity index (χ0) is 22.5. The van der Waals surface area contributed by atoms with Crippen molar-refractivity contribution < 1.29 is 9.21 Å². The summed E-state index contributed by atoms with van der Waals surface area (Å²) in [4.78, 5) is 21.4. The van der Waals surface area contributed by atoms with E-state index in [1.165, 1.54) is 18.2 Å². The molecule has 2 aromatic carbocycles. The zero-order valence-electron chi connectivity index (χ0n) is 17.9. The molecule has 0 aliphatic carbocycles. The quantitative estimate of drug-likeness (QED) is 0.424. The number of rotatable bonds is 8. The molecule has 8 heteroatoms. The van der Waals surface area contributed by atoms with Gasteiger partial charge in [0.2, 0.25) is 11.8 Å². The van der Waals surface area contributed by atoms with Crippen molar-refractivity contribution in [3.63, 3.8) is 0 Å². The summed E-state index contributed by atoms with van der Waals surface area (Å²) in [5.41, 5.74) is 3.60. The minimum atomic E-state index is -0.172. The topological polar surface area (TPSA) is 85.8 Å². The van der Waals surface area contributed by atoms with E-state index in [1.807, 2.05) is 26.0 Å². The van der Waals surface area contributed by atoms with Gasteiger partial charge in [-0.2, -0.15) is 5.10 Å². The average Bonchev–Trinajstić information content (AvgIpc) is 3.48. The summed E-state index contributed by atoms with van der Waals surface area (Å²) in [5, 5.41) is 8.12. The monoisotopic (exact) mass is 449 g/mol. The van der Waals surface area contributed by atoms with E-state index in [0.29, 0.717) is 16.6 Å². The number of amides is 1. The van der Waals surface area contributed by atoms with E-state index in [0.717, 1.165) is 17.5 Å². The van der Waals surface area contributed by atoms with Gasteiger partial charge in [0.1, 0.15) is 18.9 Å². The highest BCUT2D eigenvalue weighted by Gasteiger charge is 2.26. The maximum Gasteiger partial charge on any atom is 0.226 e. The maximum atomic E-state index is 12.9. The first-order chi connectivity index (χ1) is 15.5. The van der Waals surface area contributed by atoms with E-state index in [2.05, 4.69) is 44.6 Å². The zero-order valence-corrected chi connectivity index (χ0v) is 18.7. The third kappa shape index (κ3) is 5.06. The highest BCUT2D eigenvalue weighted by Crippen LogP contribution is 2.24. The molecule has 0 saturated heterocycles. The number of carbonyl (C=O) groups is 1. The smallest absolute Gasteiger partial charge is 0.226 e. The normalized spacial score (nSPS) is 13.0. The van der Waals surface area contributed by atoms with Crippen LogP contribution in [-0.4, -0.2) is 31.7 Å². The van der Waals surface area contributed by atoms with E-state index in [4.69, 9.17) is 16.0 Å². The van der Waals surface area contributed by atoms with E-state index in [9.17, 15) is 4.79 Å². The van der Waals surface area contributed by atoms with Gasteiger partial charge in [0.15, 0.2) is 0 Å². The van der Waals surface area contributed by atoms with E-state index < -0.39 is 0 Å². The molecule has 0 aliphatic heterocycles. The van der Waals surface area contributed by atoms with Crippen molar-refractivity contribution in [3.05, 3.63) is 89.3 Å². The predicted octanol–water partition coefficient (Wildman–Crippen LogP) is 4.62. The van der Waals surface area contributed by atoms with Crippen LogP contribution in [0.4, 0.5) is 0 Å². The number of hydrogen-bond acceptors (Lipinski definition) is 5. The highest BCUT2D eigenvalue weighted by atomic mass is 35.5. The molecule has 1 amide bonds. The van der Waals surface area contributed by atoms with Gasteiger partial charge in [-0.15, -0.1) is 0 Å². The van der Waals surface area contributed by atoms with Crippen LogP contribution in [0.1, 0.15) is 36.2 Å². The molecule has 4 rings (SSSR count). The van der Waals surface area contributed by atoms with Crippen molar-refractivity contribution >= 4 is 17.5 Å². The summed E-state index contributed by atoms with van der Waals surface area (Å²) < 4.78 is 7.34. The van der Waals surface area contributed by atoms with Crippen LogP contribution in [0.25, 0.3) is 11.5 Å². The van der Waals surface area contributed by atoms with Gasteiger partial charge >= 0.3 is 0 Å². The van der Waals surface area contributed by atoms with Crippen LogP contribution in [0, 0.1) is 6.92 Å². The van der Waals surface area contributed by atoms with Crippen molar-refractivity contribution in [1.29, 1.82) is 0 Å². The number of nitrogens with one attached hydrogen (secondary N) is 1. The van der Waals surface area contributed by atoms with E-state index in [1.54, 1.807) is 23.1 Å². The third-order valence-corrected chi connectivity index (χ3v) is 5.54. The lowest BCUT2D eigenvalue weighted by Gasteiger charge is -2.27. The predicted molar refractivity (Wildman–Crippen MR) is 122 cm³/mol. The van der Waals surface area contributed by atoms with E-state index in [-0.39, 0.29) is 24.4 Å². The first kappa shape index (κ1) is 21.8.